The van der Waals surface area contributed by atoms with Crippen molar-refractivity contribution in [3.05, 3.63) is 30.5 Å². The molecule has 0 saturated carbocycles. The van der Waals surface area contributed by atoms with Crippen molar-refractivity contribution < 1.29 is 13.5 Å². The number of aromatic nitrogens is 2. The summed E-state index contributed by atoms with van der Waals surface area (Å²) in [7, 11) is -0.832. The lowest BCUT2D eigenvalue weighted by Gasteiger charge is -2.18. The van der Waals surface area contributed by atoms with E-state index in [1.807, 2.05) is 0 Å². The number of nitrogen functional groups attached to an aromatic ring is 1. The second-order valence-electron chi connectivity index (χ2n) is 4.04. The lowest BCUT2D eigenvalue weighted by atomic mass is 10.3. The second-order valence-corrected chi connectivity index (χ2v) is 5.98. The number of anilines is 2. The SMILES string of the molecule is CN(c1cccc(O)c1)S(=O)(=O)c1cn(C)nc1N. The zero-order valence-corrected chi connectivity index (χ0v) is 11.3. The fraction of sp³-hybridized carbons (Fsp3) is 0.182. The molecule has 0 aliphatic rings. The summed E-state index contributed by atoms with van der Waals surface area (Å²) in [4.78, 5) is -0.0687. The fourth-order valence-corrected chi connectivity index (χ4v) is 2.93. The Morgan fingerprint density at radius 3 is 2.63 bits per heavy atom. The van der Waals surface area contributed by atoms with E-state index in [2.05, 4.69) is 5.10 Å². The Bertz CT molecular complexity index is 708. The van der Waals surface area contributed by atoms with Crippen LogP contribution in [0.3, 0.4) is 0 Å². The Morgan fingerprint density at radius 1 is 1.42 bits per heavy atom. The van der Waals surface area contributed by atoms with Crippen LogP contribution in [0, 0.1) is 0 Å². The first-order valence-corrected chi connectivity index (χ1v) is 6.83. The summed E-state index contributed by atoms with van der Waals surface area (Å²) in [6.07, 6.45) is 1.34. The van der Waals surface area contributed by atoms with Gasteiger partial charge >= 0.3 is 0 Å². The number of aryl methyl sites for hydroxylation is 1. The number of nitrogens with two attached hydrogens (primary N) is 1. The molecule has 0 unspecified atom stereocenters. The molecular weight excluding hydrogens is 268 g/mol. The topological polar surface area (TPSA) is 101 Å². The molecule has 1 aromatic heterocycles. The normalized spacial score (nSPS) is 11.5. The van der Waals surface area contributed by atoms with Gasteiger partial charge in [-0.25, -0.2) is 8.42 Å². The van der Waals surface area contributed by atoms with Gasteiger partial charge in [0.1, 0.15) is 10.6 Å². The Kier molecular flexibility index (Phi) is 3.11. The Morgan fingerprint density at radius 2 is 2.11 bits per heavy atom. The largest absolute Gasteiger partial charge is 0.508 e. The van der Waals surface area contributed by atoms with Crippen molar-refractivity contribution in [2.24, 2.45) is 7.05 Å². The lowest BCUT2D eigenvalue weighted by molar-refractivity contribution is 0.475. The van der Waals surface area contributed by atoms with Crippen LogP contribution in [-0.4, -0.2) is 30.4 Å². The van der Waals surface area contributed by atoms with Gasteiger partial charge in [-0.2, -0.15) is 5.10 Å². The average molecular weight is 282 g/mol. The van der Waals surface area contributed by atoms with E-state index in [0.29, 0.717) is 5.69 Å². The van der Waals surface area contributed by atoms with Crippen molar-refractivity contribution in [3.63, 3.8) is 0 Å². The minimum absolute atomic E-state index is 0.0151. The molecule has 7 nitrogen and oxygen atoms in total. The quantitative estimate of drug-likeness (QED) is 0.855. The first-order chi connectivity index (χ1) is 8.82. The smallest absolute Gasteiger partial charge is 0.269 e. The van der Waals surface area contributed by atoms with Crippen LogP contribution in [0.15, 0.2) is 35.4 Å². The van der Waals surface area contributed by atoms with E-state index in [0.717, 1.165) is 4.31 Å². The van der Waals surface area contributed by atoms with Crippen LogP contribution in [0.5, 0.6) is 5.75 Å². The number of rotatable bonds is 3. The van der Waals surface area contributed by atoms with Crippen LogP contribution < -0.4 is 10.0 Å². The zero-order valence-electron chi connectivity index (χ0n) is 10.5. The van der Waals surface area contributed by atoms with Gasteiger partial charge in [0.25, 0.3) is 10.0 Å². The second kappa shape index (κ2) is 4.47. The van der Waals surface area contributed by atoms with Crippen molar-refractivity contribution in [2.45, 2.75) is 4.90 Å². The molecule has 1 aromatic carbocycles. The van der Waals surface area contributed by atoms with Crippen molar-refractivity contribution in [2.75, 3.05) is 17.1 Å². The molecule has 19 heavy (non-hydrogen) atoms. The minimum atomic E-state index is -3.80. The van der Waals surface area contributed by atoms with E-state index < -0.39 is 10.0 Å². The number of aromatic hydroxyl groups is 1. The fourth-order valence-electron chi connectivity index (χ4n) is 1.66. The highest BCUT2D eigenvalue weighted by Crippen LogP contribution is 2.26. The predicted molar refractivity (Wildman–Crippen MR) is 71.3 cm³/mol. The molecule has 8 heteroatoms. The summed E-state index contributed by atoms with van der Waals surface area (Å²) in [5.41, 5.74) is 5.92. The van der Waals surface area contributed by atoms with E-state index in [1.165, 1.54) is 30.1 Å². The molecular formula is C11H14N4O3S. The van der Waals surface area contributed by atoms with Crippen LogP contribution in [0.4, 0.5) is 11.5 Å². The Balaban J connectivity index is 2.48. The van der Waals surface area contributed by atoms with E-state index in [-0.39, 0.29) is 16.5 Å². The summed E-state index contributed by atoms with van der Waals surface area (Å²) < 4.78 is 27.2. The summed E-state index contributed by atoms with van der Waals surface area (Å²) in [5.74, 6) is -0.0757. The number of hydrogen-bond donors (Lipinski definition) is 2. The molecule has 0 amide bonds. The highest BCUT2D eigenvalue weighted by Gasteiger charge is 2.26. The Labute approximate surface area is 110 Å². The van der Waals surface area contributed by atoms with Crippen LogP contribution in [0.1, 0.15) is 0 Å². The first-order valence-electron chi connectivity index (χ1n) is 5.39. The maximum Gasteiger partial charge on any atom is 0.269 e. The molecule has 102 valence electrons. The van der Waals surface area contributed by atoms with Crippen molar-refractivity contribution in [1.29, 1.82) is 0 Å². The standard InChI is InChI=1S/C11H14N4O3S/c1-14-7-10(11(12)13-14)19(17,18)15(2)8-4-3-5-9(16)6-8/h3-7,16H,1-2H3,(H2,12,13). The molecule has 0 saturated heterocycles. The first kappa shape index (κ1) is 13.2. The number of hydrogen-bond acceptors (Lipinski definition) is 5. The highest BCUT2D eigenvalue weighted by atomic mass is 32.2. The monoisotopic (exact) mass is 282 g/mol. The molecule has 2 rings (SSSR count). The molecule has 0 aliphatic heterocycles. The minimum Gasteiger partial charge on any atom is -0.508 e. The number of phenolic OH excluding ortho intramolecular Hbond substituents is 1. The third-order valence-corrected chi connectivity index (χ3v) is 4.46. The molecule has 1 heterocycles. The lowest BCUT2D eigenvalue weighted by Crippen LogP contribution is -2.26. The van der Waals surface area contributed by atoms with Crippen LogP contribution >= 0.6 is 0 Å². The average Bonchev–Trinajstić information content (AvgIpc) is 2.68. The summed E-state index contributed by atoms with van der Waals surface area (Å²) >= 11 is 0. The summed E-state index contributed by atoms with van der Waals surface area (Å²) in [6.45, 7) is 0. The van der Waals surface area contributed by atoms with Gasteiger partial charge in [0.05, 0.1) is 5.69 Å². The molecule has 2 aromatic rings. The number of nitrogens with zero attached hydrogens (tertiary/aromatic N) is 3. The summed E-state index contributed by atoms with van der Waals surface area (Å²) in [5, 5.41) is 13.2. The molecule has 0 radical (unpaired) electrons. The van der Waals surface area contributed by atoms with Gasteiger partial charge in [0.2, 0.25) is 0 Å². The van der Waals surface area contributed by atoms with Crippen LogP contribution in [0.2, 0.25) is 0 Å². The van der Waals surface area contributed by atoms with Gasteiger partial charge < -0.3 is 10.8 Å². The van der Waals surface area contributed by atoms with Crippen molar-refractivity contribution in [1.82, 2.24) is 9.78 Å². The van der Waals surface area contributed by atoms with Gasteiger partial charge in [-0.05, 0) is 12.1 Å². The molecule has 0 spiro atoms. The number of benzene rings is 1. The van der Waals surface area contributed by atoms with Crippen molar-refractivity contribution in [3.8, 4) is 5.75 Å². The Hall–Kier alpha value is -2.22. The third kappa shape index (κ3) is 2.34. The van der Waals surface area contributed by atoms with E-state index in [1.54, 1.807) is 19.2 Å². The third-order valence-electron chi connectivity index (χ3n) is 2.65. The van der Waals surface area contributed by atoms with E-state index in [9.17, 15) is 13.5 Å². The zero-order chi connectivity index (χ0) is 14.2. The van der Waals surface area contributed by atoms with Gasteiger partial charge in [-0.3, -0.25) is 8.99 Å². The van der Waals surface area contributed by atoms with Crippen LogP contribution in [-0.2, 0) is 17.1 Å². The van der Waals surface area contributed by atoms with E-state index in [4.69, 9.17) is 5.73 Å². The molecule has 0 bridgehead atoms. The predicted octanol–water partition coefficient (Wildman–Crippen LogP) is 0.533. The van der Waals surface area contributed by atoms with Gasteiger partial charge in [-0.1, -0.05) is 6.07 Å². The van der Waals surface area contributed by atoms with E-state index >= 15 is 0 Å². The van der Waals surface area contributed by atoms with Crippen molar-refractivity contribution >= 4 is 21.5 Å². The highest BCUT2D eigenvalue weighted by molar-refractivity contribution is 7.93. The maximum absolute atomic E-state index is 12.4. The van der Waals surface area contributed by atoms with Crippen LogP contribution in [0.25, 0.3) is 0 Å². The molecule has 3 N–H and O–H groups in total. The number of phenols is 1. The molecule has 0 fully saturated rings. The maximum atomic E-state index is 12.4. The van der Waals surface area contributed by atoms with Gasteiger partial charge in [-0.15, -0.1) is 0 Å². The molecule has 0 aliphatic carbocycles. The molecule has 0 atom stereocenters. The van der Waals surface area contributed by atoms with Gasteiger partial charge in [0, 0.05) is 26.4 Å². The summed E-state index contributed by atoms with van der Waals surface area (Å²) in [6, 6.07) is 5.94. The number of sulfonamides is 1. The van der Waals surface area contributed by atoms with Gasteiger partial charge in [0.15, 0.2) is 5.82 Å².